The summed E-state index contributed by atoms with van der Waals surface area (Å²) in [5.41, 5.74) is 6.19. The average molecular weight is 311 g/mol. The Morgan fingerprint density at radius 3 is 2.96 bits per heavy atom. The Labute approximate surface area is 138 Å². The van der Waals surface area contributed by atoms with E-state index >= 15 is 0 Å². The monoisotopic (exact) mass is 311 g/mol. The molecule has 1 unspecified atom stereocenters. The minimum absolute atomic E-state index is 0.0270. The number of hydrogen-bond donors (Lipinski definition) is 1. The van der Waals surface area contributed by atoms with Gasteiger partial charge >= 0.3 is 0 Å². The van der Waals surface area contributed by atoms with E-state index in [1.807, 2.05) is 13.0 Å². The minimum Gasteiger partial charge on any atom is -0.369 e. The molecule has 3 rings (SSSR count). The van der Waals surface area contributed by atoms with Crippen LogP contribution in [-0.4, -0.2) is 55.3 Å². The SMILES string of the molecule is [B]c1ccnc(N2CCCC([C@]3(C)CC(=O)N(C)C(N)=N3)C2)c1. The van der Waals surface area contributed by atoms with Crippen molar-refractivity contribution in [2.24, 2.45) is 16.6 Å². The Hall–Kier alpha value is -2.05. The molecule has 0 saturated carbocycles. The summed E-state index contributed by atoms with van der Waals surface area (Å²) in [5.74, 6) is 1.48. The molecule has 1 amide bonds. The molecule has 1 aromatic rings. The summed E-state index contributed by atoms with van der Waals surface area (Å²) in [6.07, 6.45) is 4.19. The second-order valence-corrected chi connectivity index (χ2v) is 6.69. The van der Waals surface area contributed by atoms with Crippen molar-refractivity contribution >= 4 is 31.0 Å². The molecule has 2 radical (unpaired) electrons. The van der Waals surface area contributed by atoms with E-state index in [1.54, 1.807) is 19.3 Å². The fourth-order valence-electron chi connectivity index (χ4n) is 3.46. The molecule has 2 aliphatic rings. The van der Waals surface area contributed by atoms with E-state index in [4.69, 9.17) is 13.6 Å². The van der Waals surface area contributed by atoms with Gasteiger partial charge in [0.05, 0.1) is 12.0 Å². The number of guanidine groups is 1. The fraction of sp³-hybridized carbons (Fsp3) is 0.562. The summed E-state index contributed by atoms with van der Waals surface area (Å²) < 4.78 is 0. The van der Waals surface area contributed by atoms with Crippen molar-refractivity contribution in [3.05, 3.63) is 18.3 Å². The molecule has 2 aliphatic heterocycles. The number of hydrogen-bond acceptors (Lipinski definition) is 5. The lowest BCUT2D eigenvalue weighted by molar-refractivity contribution is -0.129. The number of carbonyl (C=O) groups is 1. The maximum atomic E-state index is 12.2. The van der Waals surface area contributed by atoms with E-state index in [-0.39, 0.29) is 11.8 Å². The molecule has 23 heavy (non-hydrogen) atoms. The molecular formula is C16H22BN5O. The van der Waals surface area contributed by atoms with Crippen molar-refractivity contribution in [2.75, 3.05) is 25.0 Å². The molecule has 1 saturated heterocycles. The van der Waals surface area contributed by atoms with Crippen LogP contribution in [0.25, 0.3) is 0 Å². The van der Waals surface area contributed by atoms with Gasteiger partial charge in [-0.2, -0.15) is 0 Å². The summed E-state index contributed by atoms with van der Waals surface area (Å²) >= 11 is 0. The topological polar surface area (TPSA) is 74.8 Å². The van der Waals surface area contributed by atoms with Crippen molar-refractivity contribution in [2.45, 2.75) is 31.7 Å². The van der Waals surface area contributed by atoms with Crippen LogP contribution < -0.4 is 16.1 Å². The number of anilines is 1. The number of nitrogens with two attached hydrogens (primary N) is 1. The zero-order valence-corrected chi connectivity index (χ0v) is 13.7. The van der Waals surface area contributed by atoms with E-state index in [1.165, 1.54) is 4.90 Å². The second kappa shape index (κ2) is 5.87. The largest absolute Gasteiger partial charge is 0.369 e. The van der Waals surface area contributed by atoms with E-state index < -0.39 is 5.54 Å². The van der Waals surface area contributed by atoms with Crippen LogP contribution in [0.4, 0.5) is 5.82 Å². The first-order chi connectivity index (χ1) is 10.9. The zero-order valence-electron chi connectivity index (χ0n) is 13.7. The van der Waals surface area contributed by atoms with Crippen LogP contribution >= 0.6 is 0 Å². The van der Waals surface area contributed by atoms with Crippen LogP contribution in [0, 0.1) is 5.92 Å². The minimum atomic E-state index is -0.452. The normalized spacial score (nSPS) is 28.7. The molecule has 0 aliphatic carbocycles. The average Bonchev–Trinajstić information content (AvgIpc) is 2.53. The van der Waals surface area contributed by atoms with Gasteiger partial charge in [-0.3, -0.25) is 9.69 Å². The Balaban J connectivity index is 1.82. The number of amides is 1. The molecular weight excluding hydrogens is 289 g/mol. The molecule has 2 N–H and O–H groups in total. The molecule has 7 heteroatoms. The predicted octanol–water partition coefficient (Wildman–Crippen LogP) is 0.0273. The Kier molecular flexibility index (Phi) is 4.04. The highest BCUT2D eigenvalue weighted by atomic mass is 16.2. The van der Waals surface area contributed by atoms with Gasteiger partial charge in [0.25, 0.3) is 0 Å². The fourth-order valence-corrected chi connectivity index (χ4v) is 3.46. The maximum Gasteiger partial charge on any atom is 0.231 e. The van der Waals surface area contributed by atoms with E-state index in [2.05, 4.69) is 14.9 Å². The summed E-state index contributed by atoms with van der Waals surface area (Å²) in [7, 11) is 7.54. The summed E-state index contributed by atoms with van der Waals surface area (Å²) in [5, 5.41) is 0. The highest BCUT2D eigenvalue weighted by Gasteiger charge is 2.42. The van der Waals surface area contributed by atoms with Crippen LogP contribution in [0.3, 0.4) is 0 Å². The van der Waals surface area contributed by atoms with Gasteiger partial charge in [0, 0.05) is 32.3 Å². The molecule has 1 aromatic heterocycles. The van der Waals surface area contributed by atoms with Gasteiger partial charge in [-0.05, 0) is 25.8 Å². The molecule has 1 fully saturated rings. The third-order valence-electron chi connectivity index (χ3n) is 4.99. The summed E-state index contributed by atoms with van der Waals surface area (Å²) in [4.78, 5) is 24.9. The first kappa shape index (κ1) is 15.8. The van der Waals surface area contributed by atoms with E-state index in [0.29, 0.717) is 17.8 Å². The number of rotatable bonds is 2. The quantitative estimate of drug-likeness (QED) is 0.782. The molecule has 0 aromatic carbocycles. The zero-order chi connectivity index (χ0) is 16.6. The van der Waals surface area contributed by atoms with Crippen molar-refractivity contribution in [1.29, 1.82) is 0 Å². The molecule has 3 heterocycles. The highest BCUT2D eigenvalue weighted by Crippen LogP contribution is 2.36. The van der Waals surface area contributed by atoms with Gasteiger partial charge in [0.15, 0.2) is 5.96 Å². The van der Waals surface area contributed by atoms with Gasteiger partial charge in [-0.15, -0.1) is 0 Å². The van der Waals surface area contributed by atoms with Gasteiger partial charge < -0.3 is 10.6 Å². The van der Waals surface area contributed by atoms with Crippen molar-refractivity contribution in [3.63, 3.8) is 0 Å². The number of pyridine rings is 1. The summed E-state index contributed by atoms with van der Waals surface area (Å²) in [6.45, 7) is 3.78. The number of aliphatic imine (C=N–C) groups is 1. The Morgan fingerprint density at radius 2 is 2.26 bits per heavy atom. The second-order valence-electron chi connectivity index (χ2n) is 6.69. The van der Waals surface area contributed by atoms with Gasteiger partial charge in [0.1, 0.15) is 13.7 Å². The van der Waals surface area contributed by atoms with Crippen LogP contribution in [0.2, 0.25) is 0 Å². The van der Waals surface area contributed by atoms with Gasteiger partial charge in [-0.25, -0.2) is 9.98 Å². The van der Waals surface area contributed by atoms with E-state index in [9.17, 15) is 4.79 Å². The third kappa shape index (κ3) is 3.05. The first-order valence-corrected chi connectivity index (χ1v) is 7.97. The lowest BCUT2D eigenvalue weighted by Crippen LogP contribution is -2.54. The van der Waals surface area contributed by atoms with Crippen molar-refractivity contribution in [3.8, 4) is 0 Å². The lowest BCUT2D eigenvalue weighted by Gasteiger charge is -2.44. The first-order valence-electron chi connectivity index (χ1n) is 7.97. The van der Waals surface area contributed by atoms with Crippen LogP contribution in [-0.2, 0) is 4.79 Å². The van der Waals surface area contributed by atoms with Crippen LogP contribution in [0.15, 0.2) is 23.3 Å². The number of aromatic nitrogens is 1. The molecule has 120 valence electrons. The molecule has 2 atom stereocenters. The third-order valence-corrected chi connectivity index (χ3v) is 4.99. The molecule has 0 bridgehead atoms. The highest BCUT2D eigenvalue weighted by molar-refractivity contribution is 6.32. The lowest BCUT2D eigenvalue weighted by atomic mass is 9.77. The predicted molar refractivity (Wildman–Crippen MR) is 92.0 cm³/mol. The van der Waals surface area contributed by atoms with Crippen LogP contribution in [0.1, 0.15) is 26.2 Å². The van der Waals surface area contributed by atoms with Crippen molar-refractivity contribution in [1.82, 2.24) is 9.88 Å². The standard InChI is InChI=1S/C16H22BN5O/c1-16(9-14(23)21(2)15(18)20-16)11-4-3-7-22(10-11)13-8-12(17)5-6-19-13/h5-6,8,11H,3-4,7,9-10H2,1-2H3,(H2,18,20)/t11?,16-/m0/s1. The number of carbonyl (C=O) groups excluding carboxylic acids is 1. The Bertz CT molecular complexity index is 649. The van der Waals surface area contributed by atoms with Crippen molar-refractivity contribution < 1.29 is 4.79 Å². The number of piperidine rings is 1. The van der Waals surface area contributed by atoms with E-state index in [0.717, 1.165) is 31.7 Å². The maximum absolute atomic E-state index is 12.2. The van der Waals surface area contributed by atoms with Crippen LogP contribution in [0.5, 0.6) is 0 Å². The smallest absolute Gasteiger partial charge is 0.231 e. The molecule has 6 nitrogen and oxygen atoms in total. The molecule has 0 spiro atoms. The number of nitrogens with zero attached hydrogens (tertiary/aromatic N) is 4. The Morgan fingerprint density at radius 1 is 1.48 bits per heavy atom. The van der Waals surface area contributed by atoms with Gasteiger partial charge in [-0.1, -0.05) is 11.5 Å². The summed E-state index contributed by atoms with van der Waals surface area (Å²) in [6, 6.07) is 3.68. The van der Waals surface area contributed by atoms with Gasteiger partial charge in [0.2, 0.25) is 5.91 Å².